The van der Waals surface area contributed by atoms with Crippen LogP contribution in [-0.2, 0) is 11.4 Å². The van der Waals surface area contributed by atoms with E-state index in [9.17, 15) is 4.79 Å². The van der Waals surface area contributed by atoms with E-state index in [-0.39, 0.29) is 12.5 Å². The molecule has 4 heteroatoms. The third-order valence-corrected chi connectivity index (χ3v) is 1.42. The van der Waals surface area contributed by atoms with Gasteiger partial charge in [-0.25, -0.2) is 0 Å². The zero-order valence-electron chi connectivity index (χ0n) is 7.28. The monoisotopic (exact) mass is 181 g/mol. The van der Waals surface area contributed by atoms with Crippen LogP contribution in [-0.4, -0.2) is 11.0 Å². The van der Waals surface area contributed by atoms with Crippen LogP contribution in [0, 0.1) is 0 Å². The van der Waals surface area contributed by atoms with Crippen molar-refractivity contribution in [2.24, 2.45) is 0 Å². The highest BCUT2D eigenvalue weighted by atomic mass is 16.7. The molecule has 0 unspecified atom stereocenters. The molecule has 4 nitrogen and oxygen atoms in total. The highest BCUT2D eigenvalue weighted by Gasteiger charge is 1.95. The van der Waals surface area contributed by atoms with Gasteiger partial charge in [0.2, 0.25) is 5.91 Å². The number of hydrogen-bond acceptors (Lipinski definition) is 3. The van der Waals surface area contributed by atoms with Gasteiger partial charge in [0.15, 0.2) is 5.75 Å². The third kappa shape index (κ3) is 3.13. The lowest BCUT2D eigenvalue weighted by Gasteiger charge is -2.04. The van der Waals surface area contributed by atoms with E-state index in [1.807, 2.05) is 0 Å². The van der Waals surface area contributed by atoms with Gasteiger partial charge in [0.25, 0.3) is 0 Å². The second kappa shape index (κ2) is 4.47. The average Bonchev–Trinajstić information content (AvgIpc) is 2.15. The summed E-state index contributed by atoms with van der Waals surface area (Å²) in [5.41, 5.74) is 3.00. The number of aliphatic hydroxyl groups is 1. The van der Waals surface area contributed by atoms with Gasteiger partial charge in [-0.15, -0.1) is 0 Å². The van der Waals surface area contributed by atoms with Crippen molar-refractivity contribution < 1.29 is 14.7 Å². The second-order valence-electron chi connectivity index (χ2n) is 2.56. The van der Waals surface area contributed by atoms with E-state index in [1.54, 1.807) is 24.3 Å². The van der Waals surface area contributed by atoms with E-state index >= 15 is 0 Å². The van der Waals surface area contributed by atoms with Gasteiger partial charge in [0.05, 0.1) is 6.61 Å². The van der Waals surface area contributed by atoms with Crippen LogP contribution in [0.3, 0.4) is 0 Å². The Kier molecular flexibility index (Phi) is 3.28. The van der Waals surface area contributed by atoms with Crippen LogP contribution in [0.1, 0.15) is 12.5 Å². The Morgan fingerprint density at radius 1 is 1.46 bits per heavy atom. The fourth-order valence-corrected chi connectivity index (χ4v) is 0.794. The number of carbonyl (C=O) groups is 1. The number of benzene rings is 1. The molecule has 0 radical (unpaired) electrons. The van der Waals surface area contributed by atoms with Crippen molar-refractivity contribution in [3.8, 4) is 5.75 Å². The summed E-state index contributed by atoms with van der Waals surface area (Å²) in [5, 5.41) is 8.74. The van der Waals surface area contributed by atoms with Crippen molar-refractivity contribution in [1.82, 2.24) is 5.48 Å². The predicted molar refractivity (Wildman–Crippen MR) is 46.8 cm³/mol. The highest BCUT2D eigenvalue weighted by Crippen LogP contribution is 2.10. The molecule has 0 fully saturated rings. The minimum atomic E-state index is -0.258. The van der Waals surface area contributed by atoms with Gasteiger partial charge in [-0.1, -0.05) is 12.1 Å². The molecule has 0 saturated heterocycles. The average molecular weight is 181 g/mol. The molecule has 0 aliphatic heterocycles. The first kappa shape index (κ1) is 9.54. The van der Waals surface area contributed by atoms with E-state index in [2.05, 4.69) is 5.48 Å². The molecule has 0 heterocycles. The molecule has 0 bridgehead atoms. The van der Waals surface area contributed by atoms with Crippen LogP contribution >= 0.6 is 0 Å². The Hall–Kier alpha value is -1.55. The van der Waals surface area contributed by atoms with E-state index in [1.165, 1.54) is 6.92 Å². The van der Waals surface area contributed by atoms with Crippen LogP contribution in [0.15, 0.2) is 24.3 Å². The van der Waals surface area contributed by atoms with E-state index < -0.39 is 0 Å². The number of nitrogens with one attached hydrogen (secondary N) is 1. The Labute approximate surface area is 76.1 Å². The fourth-order valence-electron chi connectivity index (χ4n) is 0.794. The molecule has 0 spiro atoms. The normalized spacial score (nSPS) is 9.38. The molecule has 1 amide bonds. The van der Waals surface area contributed by atoms with Crippen LogP contribution in [0.2, 0.25) is 0 Å². The first-order valence-corrected chi connectivity index (χ1v) is 3.85. The standard InChI is InChI=1S/C9H11NO3/c1-7(12)10-13-9-4-2-8(6-11)3-5-9/h2-5,11H,6H2,1H3,(H,10,12). The van der Waals surface area contributed by atoms with E-state index in [0.717, 1.165) is 5.56 Å². The highest BCUT2D eigenvalue weighted by molar-refractivity contribution is 5.71. The third-order valence-electron chi connectivity index (χ3n) is 1.42. The topological polar surface area (TPSA) is 58.6 Å². The summed E-state index contributed by atoms with van der Waals surface area (Å²) in [6, 6.07) is 6.78. The molecular weight excluding hydrogens is 170 g/mol. The SMILES string of the molecule is CC(=O)NOc1ccc(CO)cc1. The molecule has 13 heavy (non-hydrogen) atoms. The van der Waals surface area contributed by atoms with Crippen LogP contribution in [0.5, 0.6) is 5.75 Å². The van der Waals surface area contributed by atoms with Crippen molar-refractivity contribution in [2.45, 2.75) is 13.5 Å². The number of hydroxylamine groups is 1. The van der Waals surface area contributed by atoms with Gasteiger partial charge < -0.3 is 9.94 Å². The summed E-state index contributed by atoms with van der Waals surface area (Å²) in [4.78, 5) is 15.3. The summed E-state index contributed by atoms with van der Waals surface area (Å²) in [7, 11) is 0. The zero-order chi connectivity index (χ0) is 9.68. The van der Waals surface area contributed by atoms with Crippen LogP contribution in [0.4, 0.5) is 0 Å². The summed E-state index contributed by atoms with van der Waals surface area (Å²) in [6.45, 7) is 1.36. The van der Waals surface area contributed by atoms with Gasteiger partial charge >= 0.3 is 0 Å². The summed E-state index contributed by atoms with van der Waals surface area (Å²) in [5.74, 6) is 0.277. The number of rotatable bonds is 3. The van der Waals surface area contributed by atoms with E-state index in [4.69, 9.17) is 9.94 Å². The maximum absolute atomic E-state index is 10.5. The lowest BCUT2D eigenvalue weighted by Crippen LogP contribution is -2.23. The Bertz CT molecular complexity index is 281. The molecule has 1 aromatic carbocycles. The fraction of sp³-hybridized carbons (Fsp3) is 0.222. The molecule has 0 aromatic heterocycles. The minimum Gasteiger partial charge on any atom is -0.392 e. The zero-order valence-corrected chi connectivity index (χ0v) is 7.28. The first-order chi connectivity index (χ1) is 6.22. The van der Waals surface area contributed by atoms with E-state index in [0.29, 0.717) is 5.75 Å². The molecule has 0 aliphatic rings. The molecule has 70 valence electrons. The lowest BCUT2D eigenvalue weighted by atomic mass is 10.2. The van der Waals surface area contributed by atoms with Crippen molar-refractivity contribution in [3.05, 3.63) is 29.8 Å². The van der Waals surface area contributed by atoms with Crippen molar-refractivity contribution in [3.63, 3.8) is 0 Å². The van der Waals surface area contributed by atoms with Gasteiger partial charge in [0.1, 0.15) is 0 Å². The van der Waals surface area contributed by atoms with Crippen molar-refractivity contribution in [1.29, 1.82) is 0 Å². The quantitative estimate of drug-likeness (QED) is 0.671. The maximum Gasteiger partial charge on any atom is 0.249 e. The largest absolute Gasteiger partial charge is 0.392 e. The Morgan fingerprint density at radius 2 is 2.08 bits per heavy atom. The van der Waals surface area contributed by atoms with Crippen LogP contribution < -0.4 is 10.3 Å². The lowest BCUT2D eigenvalue weighted by molar-refractivity contribution is -0.125. The van der Waals surface area contributed by atoms with Crippen molar-refractivity contribution >= 4 is 5.91 Å². The Morgan fingerprint density at radius 3 is 2.54 bits per heavy atom. The predicted octanol–water partition coefficient (Wildman–Crippen LogP) is 0.609. The van der Waals surface area contributed by atoms with Gasteiger partial charge in [-0.05, 0) is 17.7 Å². The maximum atomic E-state index is 10.5. The number of hydrogen-bond donors (Lipinski definition) is 2. The number of amides is 1. The summed E-state index contributed by atoms with van der Waals surface area (Å²) < 4.78 is 0. The summed E-state index contributed by atoms with van der Waals surface area (Å²) >= 11 is 0. The molecule has 0 saturated carbocycles. The molecule has 1 rings (SSSR count). The number of aliphatic hydroxyl groups excluding tert-OH is 1. The minimum absolute atomic E-state index is 0.000414. The first-order valence-electron chi connectivity index (χ1n) is 3.85. The molecule has 2 N–H and O–H groups in total. The number of carbonyl (C=O) groups excluding carboxylic acids is 1. The molecular formula is C9H11NO3. The Balaban J connectivity index is 2.54. The molecule has 0 aliphatic carbocycles. The molecule has 0 atom stereocenters. The summed E-state index contributed by atoms with van der Waals surface area (Å²) in [6.07, 6.45) is 0. The van der Waals surface area contributed by atoms with Crippen molar-refractivity contribution in [2.75, 3.05) is 0 Å². The second-order valence-corrected chi connectivity index (χ2v) is 2.56. The van der Waals surface area contributed by atoms with Crippen LogP contribution in [0.25, 0.3) is 0 Å². The molecule has 1 aromatic rings. The van der Waals surface area contributed by atoms with Gasteiger partial charge in [-0.2, -0.15) is 5.48 Å². The van der Waals surface area contributed by atoms with Gasteiger partial charge in [0, 0.05) is 6.92 Å². The smallest absolute Gasteiger partial charge is 0.249 e. The van der Waals surface area contributed by atoms with Gasteiger partial charge in [-0.3, -0.25) is 4.79 Å².